The van der Waals surface area contributed by atoms with E-state index in [2.05, 4.69) is 20.7 Å². The summed E-state index contributed by atoms with van der Waals surface area (Å²) < 4.78 is 47.3. The fourth-order valence-electron chi connectivity index (χ4n) is 4.10. The molecule has 1 aliphatic rings. The predicted octanol–water partition coefficient (Wildman–Crippen LogP) is 4.59. The van der Waals surface area contributed by atoms with E-state index in [9.17, 15) is 18.0 Å². The van der Waals surface area contributed by atoms with Gasteiger partial charge in [-0.1, -0.05) is 18.2 Å². The molecule has 3 N–H and O–H groups in total. The number of amides is 1. The number of benzene rings is 1. The largest absolute Gasteiger partial charge is 0.467 e. The molecule has 10 heteroatoms. The van der Waals surface area contributed by atoms with Crippen LogP contribution in [0.3, 0.4) is 0 Å². The Balaban J connectivity index is 1.31. The number of nitrogens with one attached hydrogen (secondary N) is 3. The lowest BCUT2D eigenvalue weighted by atomic mass is 10.0. The minimum atomic E-state index is -4.52. The molecule has 1 amide bonds. The van der Waals surface area contributed by atoms with Gasteiger partial charge in [0, 0.05) is 36.1 Å². The summed E-state index contributed by atoms with van der Waals surface area (Å²) in [4.78, 5) is 15.8. The lowest BCUT2D eigenvalue weighted by Gasteiger charge is -2.32. The molecule has 2 atom stereocenters. The number of alkyl halides is 3. The predicted molar refractivity (Wildman–Crippen MR) is 111 cm³/mol. The molecular weight excluding hydrogens is 423 g/mol. The van der Waals surface area contributed by atoms with Crippen LogP contribution in [0.5, 0.6) is 0 Å². The van der Waals surface area contributed by atoms with Gasteiger partial charge in [-0.15, -0.1) is 0 Å². The standard InChI is InChI=1S/C22H20F3N5O2/c23-22(24,25)19-10-16(18-6-3-9-32-18)28-20-11-17(29-30(19)20)21(31)26-8-7-13-12-27-15-5-2-1-4-14(13)15/h1-6,9,11-12,16,19,27-28H,7-8,10H2,(H,26,31). The van der Waals surface area contributed by atoms with Gasteiger partial charge < -0.3 is 20.0 Å². The van der Waals surface area contributed by atoms with Crippen molar-refractivity contribution in [2.75, 3.05) is 11.9 Å². The molecule has 3 aromatic heterocycles. The van der Waals surface area contributed by atoms with E-state index in [0.29, 0.717) is 18.7 Å². The van der Waals surface area contributed by atoms with Crippen molar-refractivity contribution < 1.29 is 22.4 Å². The van der Waals surface area contributed by atoms with Crippen molar-refractivity contribution in [1.29, 1.82) is 0 Å². The molecule has 0 spiro atoms. The molecule has 1 aromatic carbocycles. The summed E-state index contributed by atoms with van der Waals surface area (Å²) in [6.07, 6.45) is -0.922. The van der Waals surface area contributed by atoms with Crippen LogP contribution in [-0.2, 0) is 6.42 Å². The zero-order chi connectivity index (χ0) is 22.3. The van der Waals surface area contributed by atoms with E-state index >= 15 is 0 Å². The zero-order valence-electron chi connectivity index (χ0n) is 16.8. The highest BCUT2D eigenvalue weighted by Crippen LogP contribution is 2.43. The van der Waals surface area contributed by atoms with Crippen molar-refractivity contribution >= 4 is 22.6 Å². The van der Waals surface area contributed by atoms with Crippen LogP contribution in [0.1, 0.15) is 40.3 Å². The highest BCUT2D eigenvalue weighted by Gasteiger charge is 2.47. The number of nitrogens with zero attached hydrogens (tertiary/aromatic N) is 2. The molecule has 1 aliphatic heterocycles. The van der Waals surface area contributed by atoms with Crippen LogP contribution in [-0.4, -0.2) is 33.4 Å². The van der Waals surface area contributed by atoms with Gasteiger partial charge in [-0.05, 0) is 30.2 Å². The monoisotopic (exact) mass is 443 g/mol. The fraction of sp³-hybridized carbons (Fsp3) is 0.273. The zero-order valence-corrected chi connectivity index (χ0v) is 16.8. The van der Waals surface area contributed by atoms with Crippen LogP contribution >= 0.6 is 0 Å². The summed E-state index contributed by atoms with van der Waals surface area (Å²) in [7, 11) is 0. The molecule has 7 nitrogen and oxygen atoms in total. The Hall–Kier alpha value is -3.69. The van der Waals surface area contributed by atoms with Crippen LogP contribution in [0.2, 0.25) is 0 Å². The Bertz CT molecular complexity index is 1240. The van der Waals surface area contributed by atoms with Gasteiger partial charge in [0.2, 0.25) is 0 Å². The number of hydrogen-bond acceptors (Lipinski definition) is 4. The number of aromatic amines is 1. The molecule has 0 fully saturated rings. The van der Waals surface area contributed by atoms with Crippen LogP contribution in [0.15, 0.2) is 59.3 Å². The first kappa shape index (κ1) is 20.2. The minimum Gasteiger partial charge on any atom is -0.467 e. The van der Waals surface area contributed by atoms with E-state index in [0.717, 1.165) is 21.1 Å². The first-order valence-electron chi connectivity index (χ1n) is 10.2. The van der Waals surface area contributed by atoms with E-state index in [1.165, 1.54) is 12.3 Å². The van der Waals surface area contributed by atoms with Gasteiger partial charge in [0.05, 0.1) is 12.3 Å². The third kappa shape index (κ3) is 3.72. The lowest BCUT2D eigenvalue weighted by molar-refractivity contribution is -0.174. The van der Waals surface area contributed by atoms with E-state index in [4.69, 9.17) is 4.42 Å². The van der Waals surface area contributed by atoms with Gasteiger partial charge in [0.1, 0.15) is 11.6 Å². The molecule has 32 heavy (non-hydrogen) atoms. The summed E-state index contributed by atoms with van der Waals surface area (Å²) in [5, 5.41) is 10.8. The summed E-state index contributed by atoms with van der Waals surface area (Å²) in [6.45, 7) is 0.327. The number of halogens is 3. The maximum absolute atomic E-state index is 13.7. The van der Waals surface area contributed by atoms with Gasteiger partial charge >= 0.3 is 6.18 Å². The van der Waals surface area contributed by atoms with Crippen molar-refractivity contribution in [3.8, 4) is 0 Å². The van der Waals surface area contributed by atoms with Gasteiger partial charge in [0.25, 0.3) is 5.91 Å². The van der Waals surface area contributed by atoms with Crippen LogP contribution in [0.25, 0.3) is 10.9 Å². The summed E-state index contributed by atoms with van der Waals surface area (Å²) >= 11 is 0. The average Bonchev–Trinajstić information content (AvgIpc) is 3.51. The lowest BCUT2D eigenvalue weighted by Crippen LogP contribution is -2.35. The van der Waals surface area contributed by atoms with Gasteiger partial charge in [-0.3, -0.25) is 4.79 Å². The molecule has 0 aliphatic carbocycles. The number of para-hydroxylation sites is 1. The second-order valence-electron chi connectivity index (χ2n) is 7.73. The number of furan rings is 1. The molecule has 0 saturated carbocycles. The Kier molecular flexibility index (Phi) is 4.91. The Labute approximate surface area is 180 Å². The second-order valence-corrected chi connectivity index (χ2v) is 7.73. The van der Waals surface area contributed by atoms with Crippen molar-refractivity contribution in [2.24, 2.45) is 0 Å². The molecule has 166 valence electrons. The smallest absolute Gasteiger partial charge is 0.410 e. The molecule has 0 saturated heterocycles. The van der Waals surface area contributed by atoms with Crippen molar-refractivity contribution in [1.82, 2.24) is 20.1 Å². The Morgan fingerprint density at radius 2 is 2.09 bits per heavy atom. The molecular formula is C22H20F3N5O2. The fourth-order valence-corrected chi connectivity index (χ4v) is 4.10. The Morgan fingerprint density at radius 3 is 2.88 bits per heavy atom. The molecule has 4 heterocycles. The number of carbonyl (C=O) groups is 1. The topological polar surface area (TPSA) is 87.9 Å². The molecule has 4 aromatic rings. The maximum atomic E-state index is 13.7. The van der Waals surface area contributed by atoms with Crippen molar-refractivity contribution in [3.05, 3.63) is 71.9 Å². The summed E-state index contributed by atoms with van der Waals surface area (Å²) in [5.74, 6) is 0.00204. The van der Waals surface area contributed by atoms with E-state index in [1.54, 1.807) is 12.1 Å². The number of H-pyrrole nitrogens is 1. The van der Waals surface area contributed by atoms with Gasteiger partial charge in [0.15, 0.2) is 11.7 Å². The first-order chi connectivity index (χ1) is 15.4. The highest BCUT2D eigenvalue weighted by atomic mass is 19.4. The molecule has 5 rings (SSSR count). The highest BCUT2D eigenvalue weighted by molar-refractivity contribution is 5.93. The van der Waals surface area contributed by atoms with E-state index in [-0.39, 0.29) is 17.9 Å². The third-order valence-corrected chi connectivity index (χ3v) is 5.66. The van der Waals surface area contributed by atoms with Gasteiger partial charge in [-0.25, -0.2) is 4.68 Å². The van der Waals surface area contributed by atoms with Crippen molar-refractivity contribution in [3.63, 3.8) is 0 Å². The Morgan fingerprint density at radius 1 is 1.25 bits per heavy atom. The minimum absolute atomic E-state index is 0.0687. The molecule has 0 radical (unpaired) electrons. The van der Waals surface area contributed by atoms with Crippen LogP contribution < -0.4 is 10.6 Å². The van der Waals surface area contributed by atoms with Crippen LogP contribution in [0, 0.1) is 0 Å². The number of anilines is 1. The first-order valence-corrected chi connectivity index (χ1v) is 10.2. The van der Waals surface area contributed by atoms with Gasteiger partial charge in [-0.2, -0.15) is 18.3 Å². The number of aromatic nitrogens is 3. The average molecular weight is 443 g/mol. The van der Waals surface area contributed by atoms with Crippen LogP contribution in [0.4, 0.5) is 19.0 Å². The quantitative estimate of drug-likeness (QED) is 0.421. The maximum Gasteiger partial charge on any atom is 0.410 e. The number of hydrogen-bond donors (Lipinski definition) is 3. The summed E-state index contributed by atoms with van der Waals surface area (Å²) in [5.41, 5.74) is 1.98. The third-order valence-electron chi connectivity index (χ3n) is 5.66. The number of carbonyl (C=O) groups excluding carboxylic acids is 1. The van der Waals surface area contributed by atoms with Crippen molar-refractivity contribution in [2.45, 2.75) is 31.1 Å². The second kappa shape index (κ2) is 7.77. The van der Waals surface area contributed by atoms with E-state index in [1.807, 2.05) is 30.5 Å². The normalized spacial score (nSPS) is 18.3. The summed E-state index contributed by atoms with van der Waals surface area (Å²) in [6, 6.07) is 9.89. The molecule has 2 unspecified atom stereocenters. The van der Waals surface area contributed by atoms with E-state index < -0.39 is 24.2 Å². The SMILES string of the molecule is O=C(NCCc1c[nH]c2ccccc12)c1cc2n(n1)C(C(F)(F)F)CC(c1ccco1)N2. The number of fused-ring (bicyclic) bond motifs is 2. The number of rotatable bonds is 5. The molecule has 0 bridgehead atoms.